The van der Waals surface area contributed by atoms with Crippen LogP contribution in [0.3, 0.4) is 0 Å². The molecule has 0 rings (SSSR count). The maximum atomic E-state index is 12.1. The summed E-state index contributed by atoms with van der Waals surface area (Å²) in [4.78, 5) is 0. The zero-order valence-electron chi connectivity index (χ0n) is 14.7. The molecule has 0 aromatic rings. The molecule has 2 nitrogen and oxygen atoms in total. The van der Waals surface area contributed by atoms with E-state index in [1.807, 2.05) is 6.92 Å². The summed E-state index contributed by atoms with van der Waals surface area (Å²) in [7, 11) is -2.84. The second kappa shape index (κ2) is 13.6. The molecule has 0 heterocycles. The number of hydrogen-bond acceptors (Lipinski definition) is 2. The monoisotopic (exact) mass is 318 g/mol. The predicted molar refractivity (Wildman–Crippen MR) is 94.6 cm³/mol. The molecule has 0 spiro atoms. The van der Waals surface area contributed by atoms with Crippen LogP contribution in [0.15, 0.2) is 0 Å². The SMILES string of the molecule is CCCCCCCCCCCCS(=O)(=O)C(C)CCCC. The summed E-state index contributed by atoms with van der Waals surface area (Å²) in [5.74, 6) is 0.397. The second-order valence-corrected chi connectivity index (χ2v) is 9.04. The number of rotatable bonds is 15. The van der Waals surface area contributed by atoms with Crippen LogP contribution in [-0.4, -0.2) is 19.4 Å². The van der Waals surface area contributed by atoms with Crippen LogP contribution < -0.4 is 0 Å². The van der Waals surface area contributed by atoms with Crippen LogP contribution >= 0.6 is 0 Å². The lowest BCUT2D eigenvalue weighted by atomic mass is 10.1. The largest absolute Gasteiger partial charge is 0.229 e. The van der Waals surface area contributed by atoms with E-state index in [4.69, 9.17) is 0 Å². The third-order valence-corrected chi connectivity index (χ3v) is 6.68. The van der Waals surface area contributed by atoms with Crippen LogP contribution in [0.2, 0.25) is 0 Å². The van der Waals surface area contributed by atoms with Crippen LogP contribution in [0.5, 0.6) is 0 Å². The molecular formula is C18H38O2S. The summed E-state index contributed by atoms with van der Waals surface area (Å²) in [6.45, 7) is 6.24. The van der Waals surface area contributed by atoms with Gasteiger partial charge in [-0.1, -0.05) is 84.5 Å². The highest BCUT2D eigenvalue weighted by atomic mass is 32.2. The van der Waals surface area contributed by atoms with Gasteiger partial charge in [-0.3, -0.25) is 0 Å². The molecule has 0 aliphatic rings. The first-order valence-corrected chi connectivity index (χ1v) is 11.0. The van der Waals surface area contributed by atoms with E-state index < -0.39 is 9.84 Å². The average molecular weight is 319 g/mol. The summed E-state index contributed by atoms with van der Waals surface area (Å²) < 4.78 is 24.1. The average Bonchev–Trinajstić information content (AvgIpc) is 2.46. The van der Waals surface area contributed by atoms with Crippen molar-refractivity contribution in [1.29, 1.82) is 0 Å². The molecule has 1 unspecified atom stereocenters. The topological polar surface area (TPSA) is 34.1 Å². The molecule has 0 amide bonds. The highest BCUT2D eigenvalue weighted by Gasteiger charge is 2.19. The Morgan fingerprint density at radius 3 is 1.57 bits per heavy atom. The molecule has 0 saturated heterocycles. The summed E-state index contributed by atoms with van der Waals surface area (Å²) in [6, 6.07) is 0. The van der Waals surface area contributed by atoms with Gasteiger partial charge in [-0.2, -0.15) is 0 Å². The maximum Gasteiger partial charge on any atom is 0.152 e. The summed E-state index contributed by atoms with van der Waals surface area (Å²) >= 11 is 0. The smallest absolute Gasteiger partial charge is 0.152 e. The zero-order chi connectivity index (χ0) is 16.0. The molecule has 0 aromatic heterocycles. The second-order valence-electron chi connectivity index (χ2n) is 6.50. The Labute approximate surface area is 134 Å². The van der Waals surface area contributed by atoms with E-state index in [0.717, 1.165) is 32.1 Å². The van der Waals surface area contributed by atoms with E-state index in [0.29, 0.717) is 5.75 Å². The van der Waals surface area contributed by atoms with Crippen molar-refractivity contribution in [3.05, 3.63) is 0 Å². The standard InChI is InChI=1S/C18H38O2S/c1-4-6-8-9-10-11-12-13-14-15-17-21(19,20)18(3)16-7-5-2/h18H,4-17H2,1-3H3. The summed E-state index contributed by atoms with van der Waals surface area (Å²) in [5, 5.41) is -0.143. The molecule has 21 heavy (non-hydrogen) atoms. The van der Waals surface area contributed by atoms with Gasteiger partial charge >= 0.3 is 0 Å². The minimum Gasteiger partial charge on any atom is -0.229 e. The van der Waals surface area contributed by atoms with Crippen molar-refractivity contribution >= 4 is 9.84 Å². The van der Waals surface area contributed by atoms with Gasteiger partial charge in [0.2, 0.25) is 0 Å². The fourth-order valence-electron chi connectivity index (χ4n) is 2.66. The maximum absolute atomic E-state index is 12.1. The molecule has 0 aromatic carbocycles. The van der Waals surface area contributed by atoms with Gasteiger partial charge in [0, 0.05) is 0 Å². The van der Waals surface area contributed by atoms with Crippen LogP contribution in [0.25, 0.3) is 0 Å². The third kappa shape index (κ3) is 12.2. The van der Waals surface area contributed by atoms with E-state index in [2.05, 4.69) is 13.8 Å². The summed E-state index contributed by atoms with van der Waals surface area (Å²) in [6.07, 6.45) is 15.5. The molecule has 0 saturated carbocycles. The summed E-state index contributed by atoms with van der Waals surface area (Å²) in [5.41, 5.74) is 0. The Morgan fingerprint density at radius 2 is 1.10 bits per heavy atom. The molecule has 0 fully saturated rings. The Morgan fingerprint density at radius 1 is 0.667 bits per heavy atom. The van der Waals surface area contributed by atoms with Crippen molar-refractivity contribution < 1.29 is 8.42 Å². The first kappa shape index (κ1) is 20.9. The van der Waals surface area contributed by atoms with Gasteiger partial charge in [-0.15, -0.1) is 0 Å². The fourth-order valence-corrected chi connectivity index (χ4v) is 4.20. The Bertz CT molecular complexity index is 309. The predicted octanol–water partition coefficient (Wildman–Crippen LogP) is 5.90. The Kier molecular flexibility index (Phi) is 13.6. The van der Waals surface area contributed by atoms with Crippen molar-refractivity contribution in [1.82, 2.24) is 0 Å². The van der Waals surface area contributed by atoms with Crippen molar-refractivity contribution in [2.45, 2.75) is 109 Å². The first-order valence-electron chi connectivity index (χ1n) is 9.26. The minimum atomic E-state index is -2.84. The molecule has 0 N–H and O–H groups in total. The van der Waals surface area contributed by atoms with Gasteiger partial charge in [0.15, 0.2) is 9.84 Å². The van der Waals surface area contributed by atoms with Crippen molar-refractivity contribution in [3.8, 4) is 0 Å². The first-order chi connectivity index (χ1) is 10.0. The highest BCUT2D eigenvalue weighted by molar-refractivity contribution is 7.91. The van der Waals surface area contributed by atoms with Crippen LogP contribution in [-0.2, 0) is 9.84 Å². The van der Waals surface area contributed by atoms with E-state index in [1.54, 1.807) is 0 Å². The molecule has 3 heteroatoms. The van der Waals surface area contributed by atoms with E-state index in [-0.39, 0.29) is 5.25 Å². The minimum absolute atomic E-state index is 0.143. The van der Waals surface area contributed by atoms with E-state index in [9.17, 15) is 8.42 Å². The van der Waals surface area contributed by atoms with Gasteiger partial charge in [0.25, 0.3) is 0 Å². The van der Waals surface area contributed by atoms with Crippen molar-refractivity contribution in [3.63, 3.8) is 0 Å². The van der Waals surface area contributed by atoms with Crippen LogP contribution in [0, 0.1) is 0 Å². The van der Waals surface area contributed by atoms with Gasteiger partial charge in [0.05, 0.1) is 11.0 Å². The molecular weight excluding hydrogens is 280 g/mol. The zero-order valence-corrected chi connectivity index (χ0v) is 15.5. The molecule has 1 atom stereocenters. The normalized spacial score (nSPS) is 13.5. The molecule has 0 bridgehead atoms. The van der Waals surface area contributed by atoms with Gasteiger partial charge in [0.1, 0.15) is 0 Å². The lowest BCUT2D eigenvalue weighted by Gasteiger charge is -2.12. The molecule has 128 valence electrons. The van der Waals surface area contributed by atoms with Gasteiger partial charge in [-0.25, -0.2) is 8.42 Å². The van der Waals surface area contributed by atoms with Crippen molar-refractivity contribution in [2.24, 2.45) is 0 Å². The van der Waals surface area contributed by atoms with Gasteiger partial charge < -0.3 is 0 Å². The number of hydrogen-bond donors (Lipinski definition) is 0. The number of unbranched alkanes of at least 4 members (excludes halogenated alkanes) is 10. The fraction of sp³-hybridized carbons (Fsp3) is 1.00. The van der Waals surface area contributed by atoms with E-state index >= 15 is 0 Å². The number of sulfone groups is 1. The Hall–Kier alpha value is -0.0500. The van der Waals surface area contributed by atoms with Crippen molar-refractivity contribution in [2.75, 3.05) is 5.75 Å². The van der Waals surface area contributed by atoms with Gasteiger partial charge in [-0.05, 0) is 19.8 Å². The molecule has 0 aliphatic heterocycles. The third-order valence-electron chi connectivity index (χ3n) is 4.36. The lowest BCUT2D eigenvalue weighted by molar-refractivity contribution is 0.551. The highest BCUT2D eigenvalue weighted by Crippen LogP contribution is 2.14. The van der Waals surface area contributed by atoms with Crippen LogP contribution in [0.1, 0.15) is 104 Å². The van der Waals surface area contributed by atoms with E-state index in [1.165, 1.54) is 51.4 Å². The quantitative estimate of drug-likeness (QED) is 0.352. The Balaban J connectivity index is 3.49. The lowest BCUT2D eigenvalue weighted by Crippen LogP contribution is -2.21. The van der Waals surface area contributed by atoms with Crippen LogP contribution in [0.4, 0.5) is 0 Å². The molecule has 0 aliphatic carbocycles. The molecule has 0 radical (unpaired) electrons.